The molecule has 2 aliphatic heterocycles. The maximum atomic E-state index is 12.4. The van der Waals surface area contributed by atoms with Gasteiger partial charge in [-0.05, 0) is 44.5 Å². The molecule has 8 heteroatoms. The third-order valence-corrected chi connectivity index (χ3v) is 6.54. The van der Waals surface area contributed by atoms with Gasteiger partial charge in [0.2, 0.25) is 10.0 Å². The molecule has 26 heavy (non-hydrogen) atoms. The molecule has 0 bridgehead atoms. The lowest BCUT2D eigenvalue weighted by Crippen LogP contribution is -2.63. The molecule has 2 amide bonds. The van der Waals surface area contributed by atoms with Crippen LogP contribution in [0, 0.1) is 6.92 Å². The highest BCUT2D eigenvalue weighted by Gasteiger charge is 2.38. The number of hydrogen-bond acceptors (Lipinski definition) is 4. The Labute approximate surface area is 156 Å². The van der Waals surface area contributed by atoms with Gasteiger partial charge >= 0.3 is 6.03 Å². The van der Waals surface area contributed by atoms with Crippen molar-refractivity contribution < 1.29 is 13.2 Å². The Morgan fingerprint density at radius 3 is 2.50 bits per heavy atom. The summed E-state index contributed by atoms with van der Waals surface area (Å²) in [4.78, 5) is 16.3. The Kier molecular flexibility index (Phi) is 5.84. The number of para-hydroxylation sites is 1. The minimum atomic E-state index is -3.28. The molecule has 7 nitrogen and oxygen atoms in total. The number of rotatable bonds is 6. The van der Waals surface area contributed by atoms with E-state index in [0.29, 0.717) is 19.6 Å². The summed E-state index contributed by atoms with van der Waals surface area (Å²) in [6.45, 7) is 6.17. The highest BCUT2D eigenvalue weighted by atomic mass is 32.2. The van der Waals surface area contributed by atoms with Gasteiger partial charge in [0.1, 0.15) is 0 Å². The van der Waals surface area contributed by atoms with E-state index in [1.807, 2.05) is 31.2 Å². The fourth-order valence-corrected chi connectivity index (χ4v) is 4.66. The van der Waals surface area contributed by atoms with E-state index in [2.05, 4.69) is 10.2 Å². The number of hydrogen-bond donors (Lipinski definition) is 1. The lowest BCUT2D eigenvalue weighted by Gasteiger charge is -2.44. The van der Waals surface area contributed by atoms with E-state index in [9.17, 15) is 13.2 Å². The first-order chi connectivity index (χ1) is 12.3. The van der Waals surface area contributed by atoms with Crippen molar-refractivity contribution in [2.75, 3.05) is 50.8 Å². The number of carbonyl (C=O) groups excluding carboxylic acids is 1. The minimum Gasteiger partial charge on any atom is -0.321 e. The fraction of sp³-hybridized carbons (Fsp3) is 0.611. The molecule has 0 unspecified atom stereocenters. The average Bonchev–Trinajstić information content (AvgIpc) is 3.03. The summed E-state index contributed by atoms with van der Waals surface area (Å²) >= 11 is 0. The van der Waals surface area contributed by atoms with Gasteiger partial charge in [0, 0.05) is 31.9 Å². The number of aryl methyl sites for hydroxylation is 1. The number of nitrogens with zero attached hydrogens (tertiary/aromatic N) is 3. The van der Waals surface area contributed by atoms with E-state index in [-0.39, 0.29) is 12.1 Å². The Morgan fingerprint density at radius 2 is 1.88 bits per heavy atom. The number of nitrogens with one attached hydrogen (secondary N) is 1. The molecule has 2 aliphatic rings. The van der Waals surface area contributed by atoms with Gasteiger partial charge in [-0.1, -0.05) is 18.2 Å². The molecule has 144 valence electrons. The molecule has 0 saturated carbocycles. The summed E-state index contributed by atoms with van der Waals surface area (Å²) < 4.78 is 25.9. The van der Waals surface area contributed by atoms with Gasteiger partial charge in [-0.25, -0.2) is 13.2 Å². The summed E-state index contributed by atoms with van der Waals surface area (Å²) in [5.41, 5.74) is 1.79. The number of amides is 2. The van der Waals surface area contributed by atoms with E-state index in [4.69, 9.17) is 0 Å². The van der Waals surface area contributed by atoms with Crippen LogP contribution in [0.3, 0.4) is 0 Å². The molecule has 0 aliphatic carbocycles. The van der Waals surface area contributed by atoms with E-state index in [1.54, 1.807) is 9.21 Å². The van der Waals surface area contributed by atoms with Crippen molar-refractivity contribution in [1.82, 2.24) is 14.1 Å². The van der Waals surface area contributed by atoms with Gasteiger partial charge in [0.15, 0.2) is 0 Å². The number of sulfonamides is 1. The zero-order valence-corrected chi connectivity index (χ0v) is 16.3. The van der Waals surface area contributed by atoms with Crippen LogP contribution in [-0.2, 0) is 10.0 Å². The van der Waals surface area contributed by atoms with Crippen LogP contribution in [0.15, 0.2) is 24.3 Å². The Balaban J connectivity index is 1.53. The Bertz CT molecular complexity index is 741. The van der Waals surface area contributed by atoms with Gasteiger partial charge in [-0.3, -0.25) is 0 Å². The van der Waals surface area contributed by atoms with E-state index in [0.717, 1.165) is 30.9 Å². The van der Waals surface area contributed by atoms with Crippen molar-refractivity contribution in [2.24, 2.45) is 0 Å². The smallest absolute Gasteiger partial charge is 0.321 e. The molecular formula is C18H28N4O3S. The molecule has 0 atom stereocenters. The van der Waals surface area contributed by atoms with Crippen LogP contribution in [0.5, 0.6) is 0 Å². The molecule has 1 aromatic carbocycles. The molecular weight excluding hydrogens is 352 g/mol. The average molecular weight is 381 g/mol. The molecule has 2 saturated heterocycles. The molecule has 1 N–H and O–H groups in total. The van der Waals surface area contributed by atoms with Crippen molar-refractivity contribution in [2.45, 2.75) is 25.8 Å². The zero-order chi connectivity index (χ0) is 18.7. The second-order valence-corrected chi connectivity index (χ2v) is 9.16. The third-order valence-electron chi connectivity index (χ3n) is 5.20. The first kappa shape index (κ1) is 19.1. The second-order valence-electron chi connectivity index (χ2n) is 7.23. The summed E-state index contributed by atoms with van der Waals surface area (Å²) in [5, 5.41) is 2.90. The predicted octanol–water partition coefficient (Wildman–Crippen LogP) is 1.57. The van der Waals surface area contributed by atoms with Crippen molar-refractivity contribution in [1.29, 1.82) is 0 Å². The summed E-state index contributed by atoms with van der Waals surface area (Å²) in [6, 6.07) is 7.31. The normalized spacial score (nSPS) is 19.0. The summed E-state index contributed by atoms with van der Waals surface area (Å²) in [7, 11) is -3.28. The molecule has 0 spiro atoms. The van der Waals surface area contributed by atoms with Gasteiger partial charge < -0.3 is 15.1 Å². The van der Waals surface area contributed by atoms with Crippen LogP contribution in [-0.4, -0.2) is 80.1 Å². The summed E-state index contributed by atoms with van der Waals surface area (Å²) in [6.07, 6.45) is 3.64. The molecule has 2 heterocycles. The van der Waals surface area contributed by atoms with Gasteiger partial charge in [-0.15, -0.1) is 0 Å². The lowest BCUT2D eigenvalue weighted by atomic mass is 10.1. The monoisotopic (exact) mass is 380 g/mol. The van der Waals surface area contributed by atoms with Crippen LogP contribution in [0.4, 0.5) is 10.5 Å². The van der Waals surface area contributed by atoms with Crippen LogP contribution >= 0.6 is 0 Å². The first-order valence-corrected chi connectivity index (χ1v) is 11.0. The largest absolute Gasteiger partial charge is 0.321 e. The lowest BCUT2D eigenvalue weighted by molar-refractivity contribution is 0.104. The van der Waals surface area contributed by atoms with Crippen molar-refractivity contribution >= 4 is 21.7 Å². The minimum absolute atomic E-state index is 0.129. The Morgan fingerprint density at radius 1 is 1.23 bits per heavy atom. The molecule has 3 rings (SSSR count). The van der Waals surface area contributed by atoms with Crippen molar-refractivity contribution in [3.63, 3.8) is 0 Å². The van der Waals surface area contributed by atoms with Crippen LogP contribution in [0.2, 0.25) is 0 Å². The molecule has 1 aromatic rings. The third kappa shape index (κ3) is 4.55. The van der Waals surface area contributed by atoms with Crippen LogP contribution in [0.25, 0.3) is 0 Å². The zero-order valence-electron chi connectivity index (χ0n) is 15.5. The predicted molar refractivity (Wildman–Crippen MR) is 103 cm³/mol. The van der Waals surface area contributed by atoms with E-state index >= 15 is 0 Å². The number of benzene rings is 1. The van der Waals surface area contributed by atoms with Crippen molar-refractivity contribution in [3.05, 3.63) is 29.8 Å². The standard InChI is InChI=1S/C18H28N4O3S/c1-15-7-3-4-8-17(15)19-18(23)21-13-16(14-21)22(26(2,24)25)12-11-20-9-5-6-10-20/h3-4,7-8,16H,5-6,9-14H2,1-2H3,(H,19,23). The Hall–Kier alpha value is -1.64. The second kappa shape index (κ2) is 7.94. The van der Waals surface area contributed by atoms with E-state index in [1.165, 1.54) is 19.1 Å². The number of carbonyl (C=O) groups is 1. The SMILES string of the molecule is Cc1ccccc1NC(=O)N1CC(N(CCN2CCCC2)S(C)(=O)=O)C1. The van der Waals surface area contributed by atoms with Gasteiger partial charge in [0.05, 0.1) is 12.3 Å². The highest BCUT2D eigenvalue weighted by Crippen LogP contribution is 2.21. The van der Waals surface area contributed by atoms with Crippen molar-refractivity contribution in [3.8, 4) is 0 Å². The van der Waals surface area contributed by atoms with E-state index < -0.39 is 10.0 Å². The maximum Gasteiger partial charge on any atom is 0.321 e. The fourth-order valence-electron chi connectivity index (χ4n) is 3.58. The van der Waals surface area contributed by atoms with Crippen LogP contribution < -0.4 is 5.32 Å². The number of anilines is 1. The molecule has 0 aromatic heterocycles. The molecule has 0 radical (unpaired) electrons. The topological polar surface area (TPSA) is 73.0 Å². The van der Waals surface area contributed by atoms with Gasteiger partial charge in [-0.2, -0.15) is 4.31 Å². The summed E-state index contributed by atoms with van der Waals surface area (Å²) in [5.74, 6) is 0. The molecule has 2 fully saturated rings. The quantitative estimate of drug-likeness (QED) is 0.813. The van der Waals surface area contributed by atoms with Crippen LogP contribution in [0.1, 0.15) is 18.4 Å². The highest BCUT2D eigenvalue weighted by molar-refractivity contribution is 7.88. The number of likely N-dealkylation sites (tertiary alicyclic amines) is 2. The maximum absolute atomic E-state index is 12.4. The first-order valence-electron chi connectivity index (χ1n) is 9.15. The van der Waals surface area contributed by atoms with Gasteiger partial charge in [0.25, 0.3) is 0 Å². The number of urea groups is 1.